The Bertz CT molecular complexity index is 1830. The van der Waals surface area contributed by atoms with Crippen molar-refractivity contribution in [1.82, 2.24) is 9.80 Å². The molecule has 5 N–H and O–H groups in total. The fraction of sp³-hybridized carbons (Fsp3) is 0.314. The first kappa shape index (κ1) is 34.9. The van der Waals surface area contributed by atoms with Crippen molar-refractivity contribution in [2.75, 3.05) is 42.5 Å². The molecule has 0 radical (unpaired) electrons. The van der Waals surface area contributed by atoms with Crippen molar-refractivity contribution in [3.8, 4) is 5.75 Å². The third kappa shape index (κ3) is 8.53. The van der Waals surface area contributed by atoms with E-state index in [1.54, 1.807) is 71.8 Å². The van der Waals surface area contributed by atoms with Gasteiger partial charge in [-0.15, -0.1) is 11.3 Å². The van der Waals surface area contributed by atoms with E-state index in [-0.39, 0.29) is 41.1 Å². The second-order valence-corrected chi connectivity index (χ2v) is 15.0. The molecule has 1 aliphatic heterocycles. The first-order chi connectivity index (χ1) is 22.9. The molecule has 1 aliphatic rings. The van der Waals surface area contributed by atoms with Crippen LogP contribution in [0.15, 0.2) is 88.5 Å². The Morgan fingerprint density at radius 1 is 1.12 bits per heavy atom. The summed E-state index contributed by atoms with van der Waals surface area (Å²) in [6.45, 7) is 5.09. The zero-order valence-corrected chi connectivity index (χ0v) is 28.8. The molecule has 0 fully saturated rings. The van der Waals surface area contributed by atoms with E-state index in [0.29, 0.717) is 53.6 Å². The topological polar surface area (TPSA) is 154 Å². The largest absolute Gasteiger partial charge is 0.488 e. The average Bonchev–Trinajstić information content (AvgIpc) is 3.62. The number of benzene rings is 3. The molecule has 0 unspecified atom stereocenters. The molecule has 1 aromatic heterocycles. The average molecular weight is 692 g/mol. The Morgan fingerprint density at radius 2 is 1.88 bits per heavy atom. The molecular formula is C35H41N5O6S2. The SMILES string of the molecule is C[C@H](CO)N1C[C@H](C)[C@@H](CN(C)Cc2ccc(C(=O)Nc3ccccc3N)cc2)Oc2ccc(NS(=O)(=O)c3cccs3)cc2CC1=O. The van der Waals surface area contributed by atoms with Crippen LogP contribution < -0.4 is 20.5 Å². The van der Waals surface area contributed by atoms with Crippen LogP contribution in [0, 0.1) is 5.92 Å². The number of para-hydroxylation sites is 2. The molecule has 4 aromatic rings. The highest BCUT2D eigenvalue weighted by Gasteiger charge is 2.31. The molecule has 0 aliphatic carbocycles. The molecule has 3 aromatic carbocycles. The van der Waals surface area contributed by atoms with E-state index in [0.717, 1.165) is 16.9 Å². The van der Waals surface area contributed by atoms with Gasteiger partial charge in [-0.05, 0) is 73.4 Å². The van der Waals surface area contributed by atoms with Gasteiger partial charge >= 0.3 is 0 Å². The van der Waals surface area contributed by atoms with Crippen molar-refractivity contribution in [3.05, 3.63) is 101 Å². The molecule has 11 nitrogen and oxygen atoms in total. The standard InChI is InChI=1S/C35H41N5O6S2/c1-23-19-40(24(2)22-41)33(42)18-27-17-28(38-48(44,45)34-9-6-16-47-34)14-15-31(27)46-32(23)21-39(3)20-25-10-12-26(13-11-25)35(43)37-30-8-5-4-7-29(30)36/h4-17,23-24,32,38,41H,18-22,36H2,1-3H3,(H,37,43)/t23-,24+,32+/m0/s1. The number of amides is 2. The van der Waals surface area contributed by atoms with Crippen molar-refractivity contribution in [3.63, 3.8) is 0 Å². The lowest BCUT2D eigenvalue weighted by molar-refractivity contribution is -0.134. The molecule has 13 heteroatoms. The van der Waals surface area contributed by atoms with Crippen LogP contribution in [0.3, 0.4) is 0 Å². The van der Waals surface area contributed by atoms with Crippen LogP contribution in [0.5, 0.6) is 5.75 Å². The van der Waals surface area contributed by atoms with Crippen LogP contribution in [0.1, 0.15) is 35.3 Å². The Kier molecular flexibility index (Phi) is 11.0. The van der Waals surface area contributed by atoms with E-state index in [1.165, 1.54) is 6.07 Å². The van der Waals surface area contributed by atoms with Crippen LogP contribution in [-0.2, 0) is 27.8 Å². The number of hydrogen-bond acceptors (Lipinski definition) is 9. The van der Waals surface area contributed by atoms with E-state index in [1.807, 2.05) is 32.2 Å². The zero-order valence-electron chi connectivity index (χ0n) is 27.1. The lowest BCUT2D eigenvalue weighted by Gasteiger charge is -2.34. The maximum absolute atomic E-state index is 13.6. The minimum absolute atomic E-state index is 0.0136. The second-order valence-electron chi connectivity index (χ2n) is 12.2. The third-order valence-electron chi connectivity index (χ3n) is 8.30. The number of ether oxygens (including phenoxy) is 1. The predicted octanol–water partition coefficient (Wildman–Crippen LogP) is 4.66. The quantitative estimate of drug-likeness (QED) is 0.166. The van der Waals surface area contributed by atoms with E-state index in [2.05, 4.69) is 14.9 Å². The van der Waals surface area contributed by atoms with E-state index < -0.39 is 16.1 Å². The van der Waals surface area contributed by atoms with Gasteiger partial charge in [0.2, 0.25) is 5.91 Å². The number of fused-ring (bicyclic) bond motifs is 1. The predicted molar refractivity (Wildman–Crippen MR) is 189 cm³/mol. The Balaban J connectivity index is 1.32. The van der Waals surface area contributed by atoms with Gasteiger partial charge in [0.1, 0.15) is 16.1 Å². The molecule has 2 amide bonds. The summed E-state index contributed by atoms with van der Waals surface area (Å²) >= 11 is 1.12. The second kappa shape index (κ2) is 15.2. The number of thiophene rings is 1. The molecule has 0 saturated heterocycles. The van der Waals surface area contributed by atoms with Gasteiger partial charge in [-0.25, -0.2) is 8.42 Å². The number of likely N-dealkylation sites (N-methyl/N-ethyl adjacent to an activating group) is 1. The van der Waals surface area contributed by atoms with Gasteiger partial charge in [0, 0.05) is 42.4 Å². The number of aliphatic hydroxyl groups excluding tert-OH is 1. The summed E-state index contributed by atoms with van der Waals surface area (Å²) in [6.07, 6.45) is -0.358. The molecule has 0 bridgehead atoms. The molecule has 0 saturated carbocycles. The number of rotatable bonds is 11. The summed E-state index contributed by atoms with van der Waals surface area (Å²) in [5.74, 6) is -0.0389. The van der Waals surface area contributed by atoms with E-state index >= 15 is 0 Å². The van der Waals surface area contributed by atoms with E-state index in [9.17, 15) is 23.1 Å². The van der Waals surface area contributed by atoms with Gasteiger partial charge in [-0.3, -0.25) is 19.2 Å². The number of sulfonamides is 1. The van der Waals surface area contributed by atoms with Gasteiger partial charge in [0.15, 0.2) is 0 Å². The van der Waals surface area contributed by atoms with Crippen LogP contribution in [0.25, 0.3) is 0 Å². The molecular weight excluding hydrogens is 651 g/mol. The number of anilines is 3. The number of hydrogen-bond donors (Lipinski definition) is 4. The number of nitrogens with one attached hydrogen (secondary N) is 2. The Morgan fingerprint density at radius 3 is 2.56 bits per heavy atom. The minimum atomic E-state index is -3.79. The molecule has 0 spiro atoms. The molecule has 48 heavy (non-hydrogen) atoms. The lowest BCUT2D eigenvalue weighted by Crippen LogP contribution is -2.47. The Hall–Kier alpha value is -4.43. The first-order valence-corrected chi connectivity index (χ1v) is 18.0. The zero-order chi connectivity index (χ0) is 34.4. The summed E-state index contributed by atoms with van der Waals surface area (Å²) in [6, 6.07) is 22.2. The summed E-state index contributed by atoms with van der Waals surface area (Å²) in [4.78, 5) is 30.1. The van der Waals surface area contributed by atoms with Crippen molar-refractivity contribution >= 4 is 50.2 Å². The van der Waals surface area contributed by atoms with Gasteiger partial charge in [-0.1, -0.05) is 37.3 Å². The summed E-state index contributed by atoms with van der Waals surface area (Å²) < 4.78 is 35.2. The maximum Gasteiger partial charge on any atom is 0.271 e. The summed E-state index contributed by atoms with van der Waals surface area (Å²) in [5, 5.41) is 14.5. The maximum atomic E-state index is 13.6. The molecule has 254 valence electrons. The van der Waals surface area contributed by atoms with Crippen molar-refractivity contribution < 1.29 is 27.9 Å². The highest BCUT2D eigenvalue weighted by molar-refractivity contribution is 7.94. The first-order valence-electron chi connectivity index (χ1n) is 15.6. The van der Waals surface area contributed by atoms with Crippen molar-refractivity contribution in [1.29, 1.82) is 0 Å². The van der Waals surface area contributed by atoms with Crippen molar-refractivity contribution in [2.24, 2.45) is 5.92 Å². The van der Waals surface area contributed by atoms with Crippen LogP contribution in [-0.4, -0.2) is 74.0 Å². The number of nitrogens with zero attached hydrogens (tertiary/aromatic N) is 2. The number of carbonyl (C=O) groups is 2. The molecule has 3 atom stereocenters. The monoisotopic (exact) mass is 691 g/mol. The smallest absolute Gasteiger partial charge is 0.271 e. The molecule has 2 heterocycles. The van der Waals surface area contributed by atoms with Crippen LogP contribution >= 0.6 is 11.3 Å². The van der Waals surface area contributed by atoms with Gasteiger partial charge in [-0.2, -0.15) is 0 Å². The normalized spacial score (nSPS) is 17.4. The van der Waals surface area contributed by atoms with Gasteiger partial charge < -0.3 is 25.8 Å². The highest BCUT2D eigenvalue weighted by atomic mass is 32.2. The highest BCUT2D eigenvalue weighted by Crippen LogP contribution is 2.31. The lowest BCUT2D eigenvalue weighted by atomic mass is 10.0. The minimum Gasteiger partial charge on any atom is -0.488 e. The van der Waals surface area contributed by atoms with Gasteiger partial charge in [0.05, 0.1) is 30.4 Å². The third-order valence-corrected chi connectivity index (χ3v) is 11.1. The number of aliphatic hydroxyl groups is 1. The van der Waals surface area contributed by atoms with Crippen LogP contribution in [0.4, 0.5) is 17.1 Å². The Labute approximate surface area is 285 Å². The van der Waals surface area contributed by atoms with Gasteiger partial charge in [0.25, 0.3) is 15.9 Å². The van der Waals surface area contributed by atoms with Crippen LogP contribution in [0.2, 0.25) is 0 Å². The van der Waals surface area contributed by atoms with E-state index in [4.69, 9.17) is 10.5 Å². The summed E-state index contributed by atoms with van der Waals surface area (Å²) in [5.41, 5.74) is 9.39. The summed E-state index contributed by atoms with van der Waals surface area (Å²) in [7, 11) is -1.81. The number of nitrogens with two attached hydrogens (primary N) is 1. The fourth-order valence-corrected chi connectivity index (χ4v) is 7.63. The number of carbonyl (C=O) groups excluding carboxylic acids is 2. The fourth-order valence-electron chi connectivity index (χ4n) is 5.58. The van der Waals surface area contributed by atoms with Crippen molar-refractivity contribution in [2.45, 2.75) is 43.2 Å². The molecule has 5 rings (SSSR count). The number of nitrogen functional groups attached to an aromatic ring is 1.